The van der Waals surface area contributed by atoms with Crippen molar-refractivity contribution in [2.45, 2.75) is 51.2 Å². The van der Waals surface area contributed by atoms with Gasteiger partial charge in [-0.3, -0.25) is 4.79 Å². The molecule has 122 valence electrons. The van der Waals surface area contributed by atoms with Gasteiger partial charge >= 0.3 is 0 Å². The summed E-state index contributed by atoms with van der Waals surface area (Å²) in [7, 11) is 0. The second-order valence-corrected chi connectivity index (χ2v) is 5.91. The molecule has 1 aliphatic carbocycles. The highest BCUT2D eigenvalue weighted by Gasteiger charge is 2.32. The molecule has 1 aromatic heterocycles. The van der Waals surface area contributed by atoms with Crippen LogP contribution in [-0.4, -0.2) is 53.5 Å². The summed E-state index contributed by atoms with van der Waals surface area (Å²) in [5.41, 5.74) is 0. The van der Waals surface area contributed by atoms with Gasteiger partial charge in [-0.2, -0.15) is 0 Å². The number of morpholine rings is 1. The lowest BCUT2D eigenvalue weighted by atomic mass is 9.98. The molecule has 1 saturated carbocycles. The van der Waals surface area contributed by atoms with Crippen molar-refractivity contribution in [3.05, 3.63) is 11.8 Å². The van der Waals surface area contributed by atoms with E-state index >= 15 is 0 Å². The summed E-state index contributed by atoms with van der Waals surface area (Å²) < 4.78 is 16.7. The van der Waals surface area contributed by atoms with Crippen molar-refractivity contribution in [1.82, 2.24) is 15.1 Å². The molecule has 0 bridgehead atoms. The minimum Gasteiger partial charge on any atom is -0.423 e. The van der Waals surface area contributed by atoms with Crippen LogP contribution in [0.2, 0.25) is 0 Å². The molecule has 1 aliphatic heterocycles. The largest absolute Gasteiger partial charge is 0.423 e. The van der Waals surface area contributed by atoms with E-state index in [0.29, 0.717) is 31.5 Å². The highest BCUT2D eigenvalue weighted by Crippen LogP contribution is 2.24. The Morgan fingerprint density at radius 1 is 1.32 bits per heavy atom. The van der Waals surface area contributed by atoms with Gasteiger partial charge in [-0.25, -0.2) is 0 Å². The van der Waals surface area contributed by atoms with Crippen LogP contribution in [0, 0.1) is 6.92 Å². The van der Waals surface area contributed by atoms with Gasteiger partial charge in [-0.05, 0) is 12.8 Å². The van der Waals surface area contributed by atoms with Crippen molar-refractivity contribution >= 4 is 5.91 Å². The third kappa shape index (κ3) is 3.64. The summed E-state index contributed by atoms with van der Waals surface area (Å²) in [6.07, 6.45) is 6.00. The Labute approximate surface area is 130 Å². The van der Waals surface area contributed by atoms with E-state index in [1.165, 1.54) is 19.3 Å². The van der Waals surface area contributed by atoms with Gasteiger partial charge in [0.2, 0.25) is 17.7 Å². The Morgan fingerprint density at radius 2 is 2.14 bits per heavy atom. The molecule has 0 radical (unpaired) electrons. The first-order valence-corrected chi connectivity index (χ1v) is 8.03. The van der Waals surface area contributed by atoms with Gasteiger partial charge in [-0.1, -0.05) is 19.3 Å². The van der Waals surface area contributed by atoms with Crippen LogP contribution in [0.1, 0.15) is 49.9 Å². The zero-order chi connectivity index (χ0) is 15.4. The van der Waals surface area contributed by atoms with Gasteiger partial charge in [0, 0.05) is 13.5 Å². The van der Waals surface area contributed by atoms with Crippen molar-refractivity contribution in [3.63, 3.8) is 0 Å². The maximum Gasteiger partial charge on any atom is 0.249 e. The van der Waals surface area contributed by atoms with E-state index in [0.717, 1.165) is 12.8 Å². The lowest BCUT2D eigenvalue weighted by molar-refractivity contribution is -0.148. The van der Waals surface area contributed by atoms with Crippen LogP contribution in [0.3, 0.4) is 0 Å². The molecule has 22 heavy (non-hydrogen) atoms. The molecule has 7 nitrogen and oxygen atoms in total. The Kier molecular flexibility index (Phi) is 5.04. The second-order valence-electron chi connectivity index (χ2n) is 5.91. The third-order valence-corrected chi connectivity index (χ3v) is 4.27. The fraction of sp³-hybridized carbons (Fsp3) is 0.800. The number of ether oxygens (including phenoxy) is 2. The van der Waals surface area contributed by atoms with Crippen LogP contribution in [0.15, 0.2) is 4.42 Å². The molecular weight excluding hydrogens is 286 g/mol. The average Bonchev–Trinajstić information content (AvgIpc) is 3.00. The molecule has 0 unspecified atom stereocenters. The summed E-state index contributed by atoms with van der Waals surface area (Å²) in [5.74, 6) is 0.893. The average molecular weight is 309 g/mol. The van der Waals surface area contributed by atoms with E-state index in [4.69, 9.17) is 13.9 Å². The molecule has 2 heterocycles. The Bertz CT molecular complexity index is 499. The van der Waals surface area contributed by atoms with Gasteiger partial charge < -0.3 is 18.8 Å². The van der Waals surface area contributed by atoms with Gasteiger partial charge in [0.05, 0.1) is 19.3 Å². The molecule has 1 aromatic rings. The van der Waals surface area contributed by atoms with Crippen molar-refractivity contribution in [1.29, 1.82) is 0 Å². The van der Waals surface area contributed by atoms with Crippen LogP contribution < -0.4 is 0 Å². The highest BCUT2D eigenvalue weighted by atomic mass is 16.5. The molecule has 0 spiro atoms. The number of aryl methyl sites for hydroxylation is 1. The second kappa shape index (κ2) is 7.19. The van der Waals surface area contributed by atoms with Gasteiger partial charge in [0.15, 0.2) is 0 Å². The van der Waals surface area contributed by atoms with Crippen molar-refractivity contribution in [2.75, 3.05) is 26.4 Å². The summed E-state index contributed by atoms with van der Waals surface area (Å²) >= 11 is 0. The lowest BCUT2D eigenvalue weighted by Crippen LogP contribution is -2.45. The summed E-state index contributed by atoms with van der Waals surface area (Å²) in [6.45, 7) is 3.29. The standard InChI is InChI=1S/C15H23N3O4/c1-11-16-17-15(22-11)13-9-20-8-7-18(13)14(19)10-21-12-5-3-2-4-6-12/h12-13H,2-10H2,1H3/t13-/m0/s1. The van der Waals surface area contributed by atoms with Crippen molar-refractivity contribution in [2.24, 2.45) is 0 Å². The maximum absolute atomic E-state index is 12.5. The monoisotopic (exact) mass is 309 g/mol. The molecule has 7 heteroatoms. The van der Waals surface area contributed by atoms with Crippen LogP contribution in [0.4, 0.5) is 0 Å². The fourth-order valence-electron chi connectivity index (χ4n) is 3.06. The van der Waals surface area contributed by atoms with Crippen LogP contribution in [0.25, 0.3) is 0 Å². The quantitative estimate of drug-likeness (QED) is 0.841. The van der Waals surface area contributed by atoms with Crippen LogP contribution >= 0.6 is 0 Å². The van der Waals surface area contributed by atoms with E-state index in [1.54, 1.807) is 11.8 Å². The molecule has 2 fully saturated rings. The first-order chi connectivity index (χ1) is 10.7. The molecule has 1 amide bonds. The predicted molar refractivity (Wildman–Crippen MR) is 77.1 cm³/mol. The Balaban J connectivity index is 1.58. The van der Waals surface area contributed by atoms with Crippen molar-refractivity contribution < 1.29 is 18.7 Å². The van der Waals surface area contributed by atoms with E-state index < -0.39 is 0 Å². The van der Waals surface area contributed by atoms with E-state index in [1.807, 2.05) is 0 Å². The number of carbonyl (C=O) groups excluding carboxylic acids is 1. The molecule has 0 N–H and O–H groups in total. The molecule has 3 rings (SSSR count). The van der Waals surface area contributed by atoms with E-state index in [2.05, 4.69) is 10.2 Å². The van der Waals surface area contributed by atoms with Crippen molar-refractivity contribution in [3.8, 4) is 0 Å². The minimum absolute atomic E-state index is 0.0327. The first kappa shape index (κ1) is 15.4. The minimum atomic E-state index is -0.308. The van der Waals surface area contributed by atoms with Crippen LogP contribution in [-0.2, 0) is 14.3 Å². The number of aromatic nitrogens is 2. The number of hydrogen-bond acceptors (Lipinski definition) is 6. The lowest BCUT2D eigenvalue weighted by Gasteiger charge is -2.34. The van der Waals surface area contributed by atoms with Gasteiger partial charge in [0.25, 0.3) is 0 Å². The van der Waals surface area contributed by atoms with Gasteiger partial charge in [-0.15, -0.1) is 10.2 Å². The fourth-order valence-corrected chi connectivity index (χ4v) is 3.06. The number of amides is 1. The summed E-state index contributed by atoms with van der Waals surface area (Å²) in [5, 5.41) is 7.85. The third-order valence-electron chi connectivity index (χ3n) is 4.27. The van der Waals surface area contributed by atoms with E-state index in [-0.39, 0.29) is 24.7 Å². The zero-order valence-electron chi connectivity index (χ0n) is 13.0. The molecule has 1 atom stereocenters. The predicted octanol–water partition coefficient (Wildman–Crippen LogP) is 1.63. The summed E-state index contributed by atoms with van der Waals surface area (Å²) in [4.78, 5) is 14.2. The number of rotatable bonds is 4. The molecular formula is C15H23N3O4. The first-order valence-electron chi connectivity index (χ1n) is 8.03. The van der Waals surface area contributed by atoms with Crippen LogP contribution in [0.5, 0.6) is 0 Å². The molecule has 2 aliphatic rings. The SMILES string of the molecule is Cc1nnc([C@@H]2COCCN2C(=O)COC2CCCCC2)o1. The molecule has 1 saturated heterocycles. The smallest absolute Gasteiger partial charge is 0.249 e. The zero-order valence-corrected chi connectivity index (χ0v) is 13.0. The summed E-state index contributed by atoms with van der Waals surface area (Å²) in [6, 6.07) is -0.308. The maximum atomic E-state index is 12.5. The topological polar surface area (TPSA) is 77.7 Å². The Morgan fingerprint density at radius 3 is 2.86 bits per heavy atom. The van der Waals surface area contributed by atoms with E-state index in [9.17, 15) is 4.79 Å². The normalized spacial score (nSPS) is 23.7. The number of nitrogens with zero attached hydrogens (tertiary/aromatic N) is 3. The highest BCUT2D eigenvalue weighted by molar-refractivity contribution is 5.78. The number of hydrogen-bond donors (Lipinski definition) is 0. The number of carbonyl (C=O) groups is 1. The molecule has 0 aromatic carbocycles. The Hall–Kier alpha value is -1.47. The van der Waals surface area contributed by atoms with Gasteiger partial charge in [0.1, 0.15) is 12.6 Å².